The predicted molar refractivity (Wildman–Crippen MR) is 82.9 cm³/mol. The topological polar surface area (TPSA) is 29.1 Å². The molecule has 0 aromatic heterocycles. The quantitative estimate of drug-likeness (QED) is 0.567. The van der Waals surface area contributed by atoms with Crippen molar-refractivity contribution in [1.29, 1.82) is 0 Å². The van der Waals surface area contributed by atoms with Crippen LogP contribution in [0.25, 0.3) is 0 Å². The normalized spacial score (nSPS) is 15.7. The number of unbranched alkanes of at least 4 members (excludes halogenated alkanes) is 3. The monoisotopic (exact) mass is 329 g/mol. The number of anilines is 1. The molecule has 22 heavy (non-hydrogen) atoms. The van der Waals surface area contributed by atoms with E-state index >= 15 is 0 Å². The van der Waals surface area contributed by atoms with Gasteiger partial charge >= 0.3 is 6.18 Å². The van der Waals surface area contributed by atoms with E-state index in [0.29, 0.717) is 6.08 Å². The number of hydrogen-bond donors (Lipinski definition) is 1. The van der Waals surface area contributed by atoms with Crippen molar-refractivity contribution in [3.63, 3.8) is 0 Å². The molecule has 0 spiro atoms. The Balaban J connectivity index is 1.99. The molecular formula is C16H18F3NOS. The molecule has 0 fully saturated rings. The van der Waals surface area contributed by atoms with Crippen LogP contribution >= 0.6 is 11.8 Å². The van der Waals surface area contributed by atoms with Gasteiger partial charge in [-0.3, -0.25) is 4.79 Å². The summed E-state index contributed by atoms with van der Waals surface area (Å²) in [4.78, 5) is 11.9. The minimum atomic E-state index is -4.82. The van der Waals surface area contributed by atoms with Crippen LogP contribution in [0.15, 0.2) is 34.2 Å². The zero-order valence-corrected chi connectivity index (χ0v) is 13.1. The second-order valence-corrected chi connectivity index (χ2v) is 6.32. The number of allylic oxidation sites excluding steroid dienone is 1. The van der Waals surface area contributed by atoms with Crippen molar-refractivity contribution >= 4 is 23.2 Å². The number of carbonyl (C=O) groups is 1. The van der Waals surface area contributed by atoms with Crippen molar-refractivity contribution in [2.75, 3.05) is 5.32 Å². The number of ketones is 1. The zero-order valence-electron chi connectivity index (χ0n) is 12.3. The summed E-state index contributed by atoms with van der Waals surface area (Å²) in [6.45, 7) is 2.16. The molecular weight excluding hydrogens is 311 g/mol. The fourth-order valence-electron chi connectivity index (χ4n) is 2.21. The van der Waals surface area contributed by atoms with Gasteiger partial charge in [0.1, 0.15) is 0 Å². The van der Waals surface area contributed by atoms with Gasteiger partial charge in [0.15, 0.2) is 0 Å². The average molecular weight is 329 g/mol. The maximum absolute atomic E-state index is 12.3. The summed E-state index contributed by atoms with van der Waals surface area (Å²) in [7, 11) is 0. The molecule has 0 atom stereocenters. The molecule has 0 unspecified atom stereocenters. The number of hydrogen-bond acceptors (Lipinski definition) is 3. The molecule has 0 bridgehead atoms. The molecule has 1 aromatic rings. The SMILES string of the molecule is CCCCCCc1ccc2c(c1)S/C(=C/C(=O)C(F)(F)F)N2. The van der Waals surface area contributed by atoms with Gasteiger partial charge in [-0.05, 0) is 30.5 Å². The molecule has 0 amide bonds. The third-order valence-corrected chi connectivity index (χ3v) is 4.38. The first-order chi connectivity index (χ1) is 10.4. The molecule has 0 saturated carbocycles. The molecule has 0 saturated heterocycles. The Labute approximate surface area is 132 Å². The highest BCUT2D eigenvalue weighted by atomic mass is 32.2. The smallest absolute Gasteiger partial charge is 0.349 e. The van der Waals surface area contributed by atoms with Crippen LogP contribution in [-0.2, 0) is 11.2 Å². The summed E-state index contributed by atoms with van der Waals surface area (Å²) in [5, 5.41) is 3.07. The van der Waals surface area contributed by atoms with Crippen LogP contribution in [-0.4, -0.2) is 12.0 Å². The predicted octanol–water partition coefficient (Wildman–Crippen LogP) is 5.30. The molecule has 1 N–H and O–H groups in total. The molecule has 2 rings (SSSR count). The lowest BCUT2D eigenvalue weighted by atomic mass is 10.1. The van der Waals surface area contributed by atoms with Crippen molar-refractivity contribution in [2.45, 2.75) is 50.1 Å². The van der Waals surface area contributed by atoms with Crippen molar-refractivity contribution in [3.05, 3.63) is 34.9 Å². The average Bonchev–Trinajstić information content (AvgIpc) is 2.84. The highest BCUT2D eigenvalue weighted by molar-refractivity contribution is 8.03. The number of rotatable bonds is 6. The Morgan fingerprint density at radius 3 is 2.73 bits per heavy atom. The van der Waals surface area contributed by atoms with E-state index in [-0.39, 0.29) is 5.03 Å². The number of alkyl halides is 3. The highest BCUT2D eigenvalue weighted by Gasteiger charge is 2.37. The van der Waals surface area contributed by atoms with Gasteiger partial charge in [-0.1, -0.05) is 44.0 Å². The number of thioether (sulfide) groups is 1. The van der Waals surface area contributed by atoms with E-state index in [9.17, 15) is 18.0 Å². The summed E-state index contributed by atoms with van der Waals surface area (Å²) in [5.41, 5.74) is 1.93. The van der Waals surface area contributed by atoms with Crippen molar-refractivity contribution < 1.29 is 18.0 Å². The van der Waals surface area contributed by atoms with Crippen LogP contribution in [0.3, 0.4) is 0 Å². The third kappa shape index (κ3) is 4.53. The first-order valence-electron chi connectivity index (χ1n) is 7.31. The second kappa shape index (κ2) is 7.22. The summed E-state index contributed by atoms with van der Waals surface area (Å²) in [6, 6.07) is 5.82. The van der Waals surface area contributed by atoms with Gasteiger partial charge in [0.05, 0.1) is 10.7 Å². The van der Waals surface area contributed by atoms with Crippen LogP contribution in [0, 0.1) is 0 Å². The Morgan fingerprint density at radius 2 is 2.05 bits per heavy atom. The maximum Gasteiger partial charge on any atom is 0.454 e. The van der Waals surface area contributed by atoms with Crippen LogP contribution < -0.4 is 5.32 Å². The van der Waals surface area contributed by atoms with E-state index in [1.54, 1.807) is 0 Å². The van der Waals surface area contributed by atoms with Gasteiger partial charge in [0.25, 0.3) is 5.78 Å². The van der Waals surface area contributed by atoms with E-state index in [0.717, 1.165) is 23.4 Å². The van der Waals surface area contributed by atoms with Gasteiger partial charge < -0.3 is 5.32 Å². The molecule has 6 heteroatoms. The molecule has 1 aliphatic rings. The van der Waals surface area contributed by atoms with Crippen LogP contribution in [0.2, 0.25) is 0 Å². The number of aryl methyl sites for hydroxylation is 1. The molecule has 120 valence electrons. The van der Waals surface area contributed by atoms with Crippen LogP contribution in [0.1, 0.15) is 38.2 Å². The van der Waals surface area contributed by atoms with Gasteiger partial charge in [-0.15, -0.1) is 0 Å². The van der Waals surface area contributed by atoms with Crippen LogP contribution in [0.4, 0.5) is 18.9 Å². The molecule has 0 radical (unpaired) electrons. The van der Waals surface area contributed by atoms with Gasteiger partial charge in [0.2, 0.25) is 0 Å². The minimum Gasteiger partial charge on any atom is -0.349 e. The van der Waals surface area contributed by atoms with E-state index in [2.05, 4.69) is 12.2 Å². The van der Waals surface area contributed by atoms with Gasteiger partial charge in [-0.2, -0.15) is 13.2 Å². The highest BCUT2D eigenvalue weighted by Crippen LogP contribution is 2.41. The first-order valence-corrected chi connectivity index (χ1v) is 8.12. The van der Waals surface area contributed by atoms with E-state index in [4.69, 9.17) is 0 Å². The summed E-state index contributed by atoms with van der Waals surface area (Å²) >= 11 is 1.17. The number of benzene rings is 1. The minimum absolute atomic E-state index is 0.223. The molecule has 1 aliphatic heterocycles. The summed E-state index contributed by atoms with van der Waals surface area (Å²) in [5.74, 6) is -1.84. The van der Waals surface area contributed by atoms with Crippen molar-refractivity contribution in [1.82, 2.24) is 0 Å². The Kier molecular flexibility index (Phi) is 5.56. The lowest BCUT2D eigenvalue weighted by Gasteiger charge is -2.03. The van der Waals surface area contributed by atoms with E-state index in [1.807, 2.05) is 18.2 Å². The summed E-state index contributed by atoms with van der Waals surface area (Å²) in [6.07, 6.45) is 1.46. The number of fused-ring (bicyclic) bond motifs is 1. The number of carbonyl (C=O) groups excluding carboxylic acids is 1. The maximum atomic E-state index is 12.3. The standard InChI is InChI=1S/C16H18F3NOS/c1-2-3-4-5-6-11-7-8-12-13(9-11)22-15(20-12)10-14(21)16(17,18)19/h7-10,20H,2-6H2,1H3/b15-10+. The fourth-order valence-corrected chi connectivity index (χ4v) is 3.21. The molecule has 1 aromatic carbocycles. The largest absolute Gasteiger partial charge is 0.454 e. The van der Waals surface area contributed by atoms with Crippen molar-refractivity contribution in [2.24, 2.45) is 0 Å². The zero-order chi connectivity index (χ0) is 16.2. The lowest BCUT2D eigenvalue weighted by Crippen LogP contribution is -2.20. The lowest BCUT2D eigenvalue weighted by molar-refractivity contribution is -0.165. The molecule has 2 nitrogen and oxygen atoms in total. The van der Waals surface area contributed by atoms with E-state index in [1.165, 1.54) is 36.6 Å². The Morgan fingerprint density at radius 1 is 1.27 bits per heavy atom. The van der Waals surface area contributed by atoms with Crippen LogP contribution in [0.5, 0.6) is 0 Å². The van der Waals surface area contributed by atoms with E-state index < -0.39 is 12.0 Å². The summed E-state index contributed by atoms with van der Waals surface area (Å²) < 4.78 is 36.8. The number of halogens is 3. The van der Waals surface area contributed by atoms with Crippen molar-refractivity contribution in [3.8, 4) is 0 Å². The Hall–Kier alpha value is -1.43. The Bertz CT molecular complexity index is 581. The molecule has 0 aliphatic carbocycles. The fraction of sp³-hybridized carbons (Fsp3) is 0.438. The first kappa shape index (κ1) is 16.9. The second-order valence-electron chi connectivity index (χ2n) is 5.24. The number of nitrogens with one attached hydrogen (secondary N) is 1. The third-order valence-electron chi connectivity index (χ3n) is 3.38. The van der Waals surface area contributed by atoms with Gasteiger partial charge in [-0.25, -0.2) is 0 Å². The van der Waals surface area contributed by atoms with Gasteiger partial charge in [0, 0.05) is 11.0 Å². The molecule has 1 heterocycles.